The molecule has 1 aliphatic rings. The van der Waals surface area contributed by atoms with Crippen LogP contribution in [0.2, 0.25) is 0 Å². The van der Waals surface area contributed by atoms with E-state index < -0.39 is 6.10 Å². The van der Waals surface area contributed by atoms with Crippen LogP contribution in [0.1, 0.15) is 5.56 Å². The van der Waals surface area contributed by atoms with E-state index >= 15 is 0 Å². The lowest BCUT2D eigenvalue weighted by Crippen LogP contribution is -2.31. The Kier molecular flexibility index (Phi) is 3.27. The second kappa shape index (κ2) is 5.57. The molecule has 0 aliphatic carbocycles. The summed E-state index contributed by atoms with van der Waals surface area (Å²) in [5.41, 5.74) is 2.66. The van der Waals surface area contributed by atoms with E-state index in [-0.39, 0.29) is 5.91 Å². The number of fused-ring (bicyclic) bond motifs is 1. The summed E-state index contributed by atoms with van der Waals surface area (Å²) in [7, 11) is 0. The predicted octanol–water partition coefficient (Wildman–Crippen LogP) is 2.21. The summed E-state index contributed by atoms with van der Waals surface area (Å²) in [6.45, 7) is 0. The maximum absolute atomic E-state index is 12.3. The van der Waals surface area contributed by atoms with E-state index in [1.807, 2.05) is 48.5 Å². The highest BCUT2D eigenvalue weighted by molar-refractivity contribution is 5.95. The number of nitrogens with zero attached hydrogens (tertiary/aromatic N) is 3. The van der Waals surface area contributed by atoms with Crippen molar-refractivity contribution in [2.75, 3.05) is 5.32 Å². The van der Waals surface area contributed by atoms with Crippen molar-refractivity contribution in [2.24, 2.45) is 0 Å². The molecule has 1 unspecified atom stereocenters. The van der Waals surface area contributed by atoms with Crippen LogP contribution in [0.4, 0.5) is 5.69 Å². The monoisotopic (exact) mass is 306 g/mol. The second-order valence-electron chi connectivity index (χ2n) is 5.29. The maximum Gasteiger partial charge on any atom is 0.265 e. The van der Waals surface area contributed by atoms with Gasteiger partial charge in [0.15, 0.2) is 6.10 Å². The molecule has 0 saturated heterocycles. The van der Waals surface area contributed by atoms with Crippen molar-refractivity contribution in [2.45, 2.75) is 12.5 Å². The summed E-state index contributed by atoms with van der Waals surface area (Å²) in [6, 6.07) is 15.1. The third-order valence-electron chi connectivity index (χ3n) is 3.76. The van der Waals surface area contributed by atoms with Gasteiger partial charge in [-0.25, -0.2) is 9.67 Å². The van der Waals surface area contributed by atoms with Gasteiger partial charge in [0.1, 0.15) is 18.4 Å². The number of para-hydroxylation sites is 1. The van der Waals surface area contributed by atoms with Crippen LogP contribution < -0.4 is 10.1 Å². The predicted molar refractivity (Wildman–Crippen MR) is 84.6 cm³/mol. The molecule has 0 radical (unpaired) electrons. The quantitative estimate of drug-likeness (QED) is 0.805. The second-order valence-corrected chi connectivity index (χ2v) is 5.29. The third kappa shape index (κ3) is 2.66. The molecule has 114 valence electrons. The fourth-order valence-electron chi connectivity index (χ4n) is 2.59. The Morgan fingerprint density at radius 3 is 2.74 bits per heavy atom. The molecule has 0 spiro atoms. The van der Waals surface area contributed by atoms with Crippen LogP contribution in [-0.4, -0.2) is 26.8 Å². The zero-order valence-electron chi connectivity index (χ0n) is 12.2. The summed E-state index contributed by atoms with van der Waals surface area (Å²) in [5, 5.41) is 6.94. The number of carbonyl (C=O) groups is 1. The number of benzene rings is 2. The van der Waals surface area contributed by atoms with Gasteiger partial charge >= 0.3 is 0 Å². The number of carbonyl (C=O) groups excluding carboxylic acids is 1. The standard InChI is InChI=1S/C17H14N4O2/c22-17(16-9-12-3-1-2-4-15(12)23-16)20-13-5-7-14(8-6-13)21-11-18-10-19-21/h1-8,10-11,16H,9H2,(H,20,22). The molecule has 6 heteroatoms. The molecule has 2 heterocycles. The molecule has 1 atom stereocenters. The number of aromatic nitrogens is 3. The lowest BCUT2D eigenvalue weighted by Gasteiger charge is -2.11. The van der Waals surface area contributed by atoms with E-state index in [0.717, 1.165) is 22.7 Å². The van der Waals surface area contributed by atoms with Crippen molar-refractivity contribution in [1.82, 2.24) is 14.8 Å². The maximum atomic E-state index is 12.3. The van der Waals surface area contributed by atoms with Gasteiger partial charge in [0, 0.05) is 12.1 Å². The number of rotatable bonds is 3. The van der Waals surface area contributed by atoms with Gasteiger partial charge in [0.05, 0.1) is 5.69 Å². The largest absolute Gasteiger partial charge is 0.480 e. The summed E-state index contributed by atoms with van der Waals surface area (Å²) in [5.74, 6) is 0.642. The van der Waals surface area contributed by atoms with Crippen LogP contribution in [0.3, 0.4) is 0 Å². The smallest absolute Gasteiger partial charge is 0.265 e. The Hall–Kier alpha value is -3.15. The average Bonchev–Trinajstić information content (AvgIpc) is 3.25. The first-order valence-corrected chi connectivity index (χ1v) is 7.30. The summed E-state index contributed by atoms with van der Waals surface area (Å²) in [4.78, 5) is 16.2. The van der Waals surface area contributed by atoms with Crippen LogP contribution in [0.5, 0.6) is 5.75 Å². The SMILES string of the molecule is O=C(Nc1ccc(-n2cncn2)cc1)C1Cc2ccccc2O1. The molecule has 0 bridgehead atoms. The molecule has 1 aromatic heterocycles. The zero-order chi connectivity index (χ0) is 15.6. The van der Waals surface area contributed by atoms with Crippen LogP contribution >= 0.6 is 0 Å². The number of hydrogen-bond donors (Lipinski definition) is 1. The Bertz CT molecular complexity index is 803. The van der Waals surface area contributed by atoms with E-state index in [2.05, 4.69) is 15.4 Å². The molecular weight excluding hydrogens is 292 g/mol. The first-order chi connectivity index (χ1) is 11.3. The highest BCUT2D eigenvalue weighted by Gasteiger charge is 2.28. The van der Waals surface area contributed by atoms with Gasteiger partial charge in [-0.2, -0.15) is 5.10 Å². The average molecular weight is 306 g/mol. The first-order valence-electron chi connectivity index (χ1n) is 7.30. The van der Waals surface area contributed by atoms with Crippen molar-refractivity contribution < 1.29 is 9.53 Å². The molecular formula is C17H14N4O2. The minimum atomic E-state index is -0.484. The highest BCUT2D eigenvalue weighted by atomic mass is 16.5. The van der Waals surface area contributed by atoms with Crippen molar-refractivity contribution in [3.8, 4) is 11.4 Å². The number of hydrogen-bond acceptors (Lipinski definition) is 4. The van der Waals surface area contributed by atoms with E-state index in [9.17, 15) is 4.79 Å². The van der Waals surface area contributed by atoms with Gasteiger partial charge < -0.3 is 10.1 Å². The Balaban J connectivity index is 1.44. The molecule has 2 aromatic carbocycles. The highest BCUT2D eigenvalue weighted by Crippen LogP contribution is 2.28. The van der Waals surface area contributed by atoms with Crippen LogP contribution in [0.25, 0.3) is 5.69 Å². The fourth-order valence-corrected chi connectivity index (χ4v) is 2.59. The number of amides is 1. The normalized spacial score (nSPS) is 15.7. The van der Waals surface area contributed by atoms with Gasteiger partial charge in [0.25, 0.3) is 5.91 Å². The minimum absolute atomic E-state index is 0.144. The minimum Gasteiger partial charge on any atom is -0.480 e. The van der Waals surface area contributed by atoms with Gasteiger partial charge in [0.2, 0.25) is 0 Å². The molecule has 6 nitrogen and oxygen atoms in total. The number of nitrogens with one attached hydrogen (secondary N) is 1. The van der Waals surface area contributed by atoms with Crippen LogP contribution in [0.15, 0.2) is 61.2 Å². The summed E-state index contributed by atoms with van der Waals surface area (Å²) in [6.07, 6.45) is 3.21. The van der Waals surface area contributed by atoms with Gasteiger partial charge in [-0.15, -0.1) is 0 Å². The molecule has 23 heavy (non-hydrogen) atoms. The van der Waals surface area contributed by atoms with E-state index in [0.29, 0.717) is 6.42 Å². The van der Waals surface area contributed by atoms with Crippen LogP contribution in [0, 0.1) is 0 Å². The number of anilines is 1. The molecule has 3 aromatic rings. The van der Waals surface area contributed by atoms with E-state index in [1.54, 1.807) is 11.0 Å². The van der Waals surface area contributed by atoms with Gasteiger partial charge in [-0.05, 0) is 35.9 Å². The summed E-state index contributed by atoms with van der Waals surface area (Å²) >= 11 is 0. The van der Waals surface area contributed by atoms with Gasteiger partial charge in [-0.3, -0.25) is 4.79 Å². The first kappa shape index (κ1) is 13.5. The molecule has 1 N–H and O–H groups in total. The lowest BCUT2D eigenvalue weighted by molar-refractivity contribution is -0.122. The molecule has 1 amide bonds. The van der Waals surface area contributed by atoms with Crippen molar-refractivity contribution in [3.63, 3.8) is 0 Å². The Morgan fingerprint density at radius 2 is 2.00 bits per heavy atom. The Morgan fingerprint density at radius 1 is 1.17 bits per heavy atom. The molecule has 1 aliphatic heterocycles. The molecule has 0 fully saturated rings. The van der Waals surface area contributed by atoms with Crippen LogP contribution in [-0.2, 0) is 11.2 Å². The lowest BCUT2D eigenvalue weighted by atomic mass is 10.1. The molecule has 0 saturated carbocycles. The Labute approximate surface area is 132 Å². The number of ether oxygens (including phenoxy) is 1. The van der Waals surface area contributed by atoms with E-state index in [1.165, 1.54) is 6.33 Å². The zero-order valence-corrected chi connectivity index (χ0v) is 12.2. The third-order valence-corrected chi connectivity index (χ3v) is 3.76. The van der Waals surface area contributed by atoms with Crippen molar-refractivity contribution in [1.29, 1.82) is 0 Å². The fraction of sp³-hybridized carbons (Fsp3) is 0.118. The molecule has 4 rings (SSSR count). The summed E-state index contributed by atoms with van der Waals surface area (Å²) < 4.78 is 7.34. The van der Waals surface area contributed by atoms with E-state index in [4.69, 9.17) is 4.74 Å². The van der Waals surface area contributed by atoms with Crippen molar-refractivity contribution >= 4 is 11.6 Å². The van der Waals surface area contributed by atoms with Gasteiger partial charge in [-0.1, -0.05) is 18.2 Å². The van der Waals surface area contributed by atoms with Crippen molar-refractivity contribution in [3.05, 3.63) is 66.7 Å². The topological polar surface area (TPSA) is 69.0 Å².